The normalized spacial score (nSPS) is 14.7. The Kier molecular flexibility index (Phi) is 11.1. The Morgan fingerprint density at radius 1 is 0.609 bits per heavy atom. The molecule has 1 aliphatic carbocycles. The lowest BCUT2D eigenvalue weighted by Gasteiger charge is -2.30. The van der Waals surface area contributed by atoms with Gasteiger partial charge in [0, 0.05) is 45.3 Å². The molecule has 0 spiro atoms. The number of alkyl halides is 2. The van der Waals surface area contributed by atoms with Crippen molar-refractivity contribution in [3.63, 3.8) is 0 Å². The smallest absolute Gasteiger partial charge is 0.204 e. The number of methoxy groups -OCH3 is 6. The molecule has 46 heavy (non-hydrogen) atoms. The van der Waals surface area contributed by atoms with E-state index < -0.39 is 47.3 Å². The van der Waals surface area contributed by atoms with Crippen molar-refractivity contribution in [2.24, 2.45) is 0 Å². The molecule has 3 aromatic carbocycles. The summed E-state index contributed by atoms with van der Waals surface area (Å²) in [6.07, 6.45) is 0.392. The van der Waals surface area contributed by atoms with Gasteiger partial charge in [-0.1, -0.05) is 31.9 Å². The maximum atomic E-state index is 14.7. The van der Waals surface area contributed by atoms with Crippen LogP contribution in [0, 0.1) is 17.5 Å². The predicted molar refractivity (Wildman–Crippen MR) is 168 cm³/mol. The van der Waals surface area contributed by atoms with Crippen LogP contribution in [-0.2, 0) is 10.7 Å². The van der Waals surface area contributed by atoms with Gasteiger partial charge >= 0.3 is 0 Å². The maximum Gasteiger partial charge on any atom is 0.204 e. The summed E-state index contributed by atoms with van der Waals surface area (Å²) >= 11 is 6.96. The number of ether oxygens (including phenoxy) is 6. The molecular formula is C32H28Br2F6O6. The average molecular weight is 782 g/mol. The first-order chi connectivity index (χ1) is 22.0. The first-order valence-electron chi connectivity index (χ1n) is 13.4. The number of hydrogen-bond donors (Lipinski definition) is 0. The first kappa shape index (κ1) is 35.3. The van der Waals surface area contributed by atoms with E-state index in [0.717, 1.165) is 18.2 Å². The second kappa shape index (κ2) is 14.5. The molecule has 0 fully saturated rings. The van der Waals surface area contributed by atoms with Crippen LogP contribution in [0.4, 0.5) is 26.3 Å². The van der Waals surface area contributed by atoms with Gasteiger partial charge in [0.25, 0.3) is 0 Å². The molecule has 0 aliphatic heterocycles. The largest absolute Gasteiger partial charge is 0.492 e. The van der Waals surface area contributed by atoms with E-state index in [1.165, 1.54) is 42.7 Å². The summed E-state index contributed by atoms with van der Waals surface area (Å²) in [4.78, 5) is 0. The van der Waals surface area contributed by atoms with E-state index in [1.807, 2.05) is 0 Å². The van der Waals surface area contributed by atoms with E-state index in [4.69, 9.17) is 28.4 Å². The molecule has 3 aromatic rings. The third-order valence-electron chi connectivity index (χ3n) is 7.56. The molecule has 0 bridgehead atoms. The third kappa shape index (κ3) is 5.78. The van der Waals surface area contributed by atoms with Crippen molar-refractivity contribution in [3.8, 4) is 56.8 Å². The van der Waals surface area contributed by atoms with E-state index in [2.05, 4.69) is 31.9 Å². The summed E-state index contributed by atoms with van der Waals surface area (Å²) in [6.45, 7) is 0. The van der Waals surface area contributed by atoms with Crippen molar-refractivity contribution in [1.82, 2.24) is 0 Å². The van der Waals surface area contributed by atoms with Crippen LogP contribution in [0.25, 0.3) is 22.3 Å². The fourth-order valence-electron chi connectivity index (χ4n) is 5.74. The number of halogens is 8. The molecule has 1 unspecified atom stereocenters. The first-order valence-corrected chi connectivity index (χ1v) is 15.6. The van der Waals surface area contributed by atoms with Gasteiger partial charge in [0.05, 0.1) is 42.7 Å². The highest BCUT2D eigenvalue weighted by Gasteiger charge is 2.37. The minimum absolute atomic E-state index is 0.00276. The van der Waals surface area contributed by atoms with Crippen LogP contribution in [0.15, 0.2) is 35.7 Å². The summed E-state index contributed by atoms with van der Waals surface area (Å²) in [5.74, 6) is -9.71. The van der Waals surface area contributed by atoms with Crippen LogP contribution in [0.2, 0.25) is 0 Å². The lowest BCUT2D eigenvalue weighted by Crippen LogP contribution is -2.12. The zero-order valence-electron chi connectivity index (χ0n) is 25.4. The van der Waals surface area contributed by atoms with Crippen molar-refractivity contribution in [2.75, 3.05) is 42.7 Å². The highest BCUT2D eigenvalue weighted by atomic mass is 79.9. The minimum atomic E-state index is -1.66. The van der Waals surface area contributed by atoms with Gasteiger partial charge in [-0.25, -0.2) is 26.3 Å². The third-order valence-corrected chi connectivity index (χ3v) is 8.68. The van der Waals surface area contributed by atoms with Crippen molar-refractivity contribution in [2.45, 2.75) is 23.0 Å². The Morgan fingerprint density at radius 2 is 1.04 bits per heavy atom. The van der Waals surface area contributed by atoms with E-state index in [-0.39, 0.29) is 73.0 Å². The number of hydrogen-bond acceptors (Lipinski definition) is 6. The van der Waals surface area contributed by atoms with Crippen molar-refractivity contribution >= 4 is 31.9 Å². The quantitative estimate of drug-likeness (QED) is 0.110. The summed E-state index contributed by atoms with van der Waals surface area (Å²) in [7, 11) is 7.97. The molecular weight excluding hydrogens is 754 g/mol. The van der Waals surface area contributed by atoms with E-state index in [1.54, 1.807) is 0 Å². The Hall–Kier alpha value is -3.52. The van der Waals surface area contributed by atoms with Gasteiger partial charge < -0.3 is 28.4 Å². The second-order valence-electron chi connectivity index (χ2n) is 9.76. The zero-order valence-corrected chi connectivity index (χ0v) is 28.6. The molecule has 0 heterocycles. The summed E-state index contributed by atoms with van der Waals surface area (Å²) in [5, 5.41) is 0.00656. The zero-order chi connectivity index (χ0) is 34.0. The monoisotopic (exact) mass is 780 g/mol. The van der Waals surface area contributed by atoms with E-state index >= 15 is 0 Å². The number of benzene rings is 3. The van der Waals surface area contributed by atoms with Gasteiger partial charge in [-0.15, -0.1) is 0 Å². The predicted octanol–water partition coefficient (Wildman–Crippen LogP) is 9.77. The highest BCUT2D eigenvalue weighted by molar-refractivity contribution is 9.08. The molecule has 6 nitrogen and oxygen atoms in total. The Balaban J connectivity index is 2.32. The summed E-state index contributed by atoms with van der Waals surface area (Å²) in [5.41, 5.74) is 1.35. The van der Waals surface area contributed by atoms with E-state index in [9.17, 15) is 26.3 Å². The molecule has 4 rings (SSSR count). The number of rotatable bonds is 11. The Morgan fingerprint density at radius 3 is 1.48 bits per heavy atom. The molecule has 0 aromatic heterocycles. The van der Waals surface area contributed by atoms with Crippen LogP contribution >= 0.6 is 31.9 Å². The van der Waals surface area contributed by atoms with Gasteiger partial charge in [0.1, 0.15) is 5.83 Å². The van der Waals surface area contributed by atoms with Gasteiger partial charge in [-0.3, -0.25) is 0 Å². The summed E-state index contributed by atoms with van der Waals surface area (Å²) in [6, 6.07) is 1.61. The second-order valence-corrected chi connectivity index (χ2v) is 10.9. The van der Waals surface area contributed by atoms with Crippen LogP contribution < -0.4 is 28.4 Å². The fourth-order valence-corrected chi connectivity index (χ4v) is 6.88. The summed E-state index contributed by atoms with van der Waals surface area (Å²) < 4.78 is 121. The van der Waals surface area contributed by atoms with Gasteiger partial charge in [0.15, 0.2) is 52.1 Å². The van der Waals surface area contributed by atoms with Gasteiger partial charge in [0.2, 0.25) is 11.5 Å². The lowest BCUT2D eigenvalue weighted by atomic mass is 9.81. The molecule has 1 atom stereocenters. The maximum absolute atomic E-state index is 14.7. The Labute approximate surface area is 278 Å². The van der Waals surface area contributed by atoms with Crippen LogP contribution in [-0.4, -0.2) is 42.7 Å². The van der Waals surface area contributed by atoms with Gasteiger partial charge in [-0.2, -0.15) is 0 Å². The van der Waals surface area contributed by atoms with Crippen molar-refractivity contribution < 1.29 is 54.8 Å². The molecule has 248 valence electrons. The molecule has 0 saturated heterocycles. The molecule has 0 radical (unpaired) electrons. The molecule has 0 N–H and O–H groups in total. The highest BCUT2D eigenvalue weighted by Crippen LogP contribution is 2.60. The number of allylic oxidation sites excluding steroid dienone is 4. The van der Waals surface area contributed by atoms with Crippen LogP contribution in [0.3, 0.4) is 0 Å². The molecule has 1 aliphatic rings. The average Bonchev–Trinajstić information content (AvgIpc) is 3.05. The van der Waals surface area contributed by atoms with E-state index in [0.29, 0.717) is 11.1 Å². The van der Waals surface area contributed by atoms with Gasteiger partial charge in [-0.05, 0) is 34.9 Å². The fraction of sp³-hybridized carbons (Fsp3) is 0.312. The topological polar surface area (TPSA) is 55.4 Å². The van der Waals surface area contributed by atoms with Crippen LogP contribution in [0.1, 0.15) is 29.0 Å². The molecule has 14 heteroatoms. The Bertz CT molecular complexity index is 1720. The lowest BCUT2D eigenvalue weighted by molar-refractivity contribution is 0.319. The molecule has 0 saturated carbocycles. The SMILES string of the molecule is COc1c(OC)c(-c2cc(F)c(F)c(F)c2)c(CBr)c(-c2c(CBr)c(C3C=C(F)C(F)=C(F)C3)c(OC)c(OC)c2OC)c1OC. The molecule has 0 amide bonds. The standard InChI is InChI=1S/C32H28Br2F6O6/c1-41-27-21(13-7-17(35)25(39)18(36)8-13)15(11-33)23(29(43-3)31(27)45-5)24-16(12-34)22(14-9-19(37)26(40)20(38)10-14)28(42-2)32(46-6)30(24)44-4/h7-9,14H,10-12H2,1-6H3. The minimum Gasteiger partial charge on any atom is -0.492 e. The van der Waals surface area contributed by atoms with Crippen LogP contribution in [0.5, 0.6) is 34.5 Å². The van der Waals surface area contributed by atoms with Crippen molar-refractivity contribution in [1.29, 1.82) is 0 Å². The van der Waals surface area contributed by atoms with Crippen molar-refractivity contribution in [3.05, 3.63) is 69.8 Å².